The predicted molar refractivity (Wildman–Crippen MR) is 50.4 cm³/mol. The van der Waals surface area contributed by atoms with E-state index < -0.39 is 0 Å². The smallest absolute Gasteiger partial charge is 0.0643 e. The number of rotatable bonds is 3. The van der Waals surface area contributed by atoms with Crippen molar-refractivity contribution in [2.75, 3.05) is 13.2 Å². The average molecular weight is 178 g/mol. The van der Waals surface area contributed by atoms with Crippen LogP contribution in [0.2, 0.25) is 0 Å². The van der Waals surface area contributed by atoms with Gasteiger partial charge in [-0.05, 0) is 24.6 Å². The van der Waals surface area contributed by atoms with Crippen LogP contribution >= 0.6 is 0 Å². The van der Waals surface area contributed by atoms with Crippen LogP contribution < -0.4 is 5.32 Å². The third kappa shape index (κ3) is 2.05. The van der Waals surface area contributed by atoms with Crippen molar-refractivity contribution in [1.29, 1.82) is 0 Å². The van der Waals surface area contributed by atoms with Gasteiger partial charge in [0, 0.05) is 18.4 Å². The highest BCUT2D eigenvalue weighted by molar-refractivity contribution is 5.14. The molecule has 2 heterocycles. The first kappa shape index (κ1) is 8.66. The highest BCUT2D eigenvalue weighted by Gasteiger charge is 2.20. The van der Waals surface area contributed by atoms with Crippen LogP contribution in [0, 0.1) is 0 Å². The molecule has 0 bridgehead atoms. The van der Waals surface area contributed by atoms with E-state index in [1.54, 1.807) is 0 Å². The molecule has 3 heteroatoms. The molecule has 1 aromatic heterocycles. The molecule has 0 saturated carbocycles. The van der Waals surface area contributed by atoms with Crippen LogP contribution in [0.4, 0.5) is 0 Å². The highest BCUT2D eigenvalue weighted by atomic mass is 16.5. The van der Waals surface area contributed by atoms with E-state index in [9.17, 15) is 0 Å². The molecule has 0 unspecified atom stereocenters. The maximum absolute atomic E-state index is 5.10. The molecule has 1 saturated heterocycles. The van der Waals surface area contributed by atoms with Crippen molar-refractivity contribution in [3.05, 3.63) is 30.1 Å². The van der Waals surface area contributed by atoms with Gasteiger partial charge in [-0.25, -0.2) is 0 Å². The zero-order valence-electron chi connectivity index (χ0n) is 7.73. The van der Waals surface area contributed by atoms with Gasteiger partial charge in [-0.2, -0.15) is 0 Å². The molecule has 70 valence electrons. The Bertz CT molecular complexity index is 259. The lowest BCUT2D eigenvalue weighted by Gasteiger charge is -2.30. The predicted octanol–water partition coefficient (Wildman–Crippen LogP) is 1.13. The SMILES string of the molecule is C[C@@H](NC1COC1)c1ccncc1. The molecule has 1 aliphatic heterocycles. The molecule has 0 radical (unpaired) electrons. The summed E-state index contributed by atoms with van der Waals surface area (Å²) >= 11 is 0. The van der Waals surface area contributed by atoms with Crippen LogP contribution in [0.5, 0.6) is 0 Å². The number of hydrogen-bond donors (Lipinski definition) is 1. The summed E-state index contributed by atoms with van der Waals surface area (Å²) in [5, 5.41) is 3.48. The van der Waals surface area contributed by atoms with E-state index >= 15 is 0 Å². The third-order valence-electron chi connectivity index (χ3n) is 2.33. The fraction of sp³-hybridized carbons (Fsp3) is 0.500. The first-order valence-corrected chi connectivity index (χ1v) is 4.60. The second kappa shape index (κ2) is 3.85. The molecule has 3 nitrogen and oxygen atoms in total. The molecule has 1 aliphatic rings. The van der Waals surface area contributed by atoms with Crippen molar-refractivity contribution >= 4 is 0 Å². The second-order valence-corrected chi connectivity index (χ2v) is 3.40. The summed E-state index contributed by atoms with van der Waals surface area (Å²) in [7, 11) is 0. The van der Waals surface area contributed by atoms with Crippen LogP contribution in [0.1, 0.15) is 18.5 Å². The van der Waals surface area contributed by atoms with Gasteiger partial charge in [-0.15, -0.1) is 0 Å². The minimum atomic E-state index is 0.386. The van der Waals surface area contributed by atoms with Gasteiger partial charge in [0.2, 0.25) is 0 Å². The lowest BCUT2D eigenvalue weighted by atomic mass is 10.1. The Balaban J connectivity index is 1.92. The largest absolute Gasteiger partial charge is 0.378 e. The Morgan fingerprint density at radius 2 is 2.15 bits per heavy atom. The van der Waals surface area contributed by atoms with E-state index in [-0.39, 0.29) is 0 Å². The lowest BCUT2D eigenvalue weighted by molar-refractivity contribution is -0.00925. The Morgan fingerprint density at radius 3 is 2.69 bits per heavy atom. The third-order valence-corrected chi connectivity index (χ3v) is 2.33. The summed E-state index contributed by atoms with van der Waals surface area (Å²) in [5.41, 5.74) is 1.28. The number of hydrogen-bond acceptors (Lipinski definition) is 3. The molecule has 1 aromatic rings. The minimum Gasteiger partial charge on any atom is -0.378 e. The summed E-state index contributed by atoms with van der Waals surface area (Å²) in [6, 6.07) is 4.99. The van der Waals surface area contributed by atoms with Crippen molar-refractivity contribution in [2.45, 2.75) is 19.0 Å². The molecule has 1 atom stereocenters. The number of nitrogens with one attached hydrogen (secondary N) is 1. The van der Waals surface area contributed by atoms with Gasteiger partial charge in [0.25, 0.3) is 0 Å². The van der Waals surface area contributed by atoms with Gasteiger partial charge in [-0.1, -0.05) is 0 Å². The van der Waals surface area contributed by atoms with Crippen LogP contribution in [-0.4, -0.2) is 24.2 Å². The minimum absolute atomic E-state index is 0.386. The van der Waals surface area contributed by atoms with Crippen molar-refractivity contribution < 1.29 is 4.74 Å². The molecule has 1 fully saturated rings. The van der Waals surface area contributed by atoms with Gasteiger partial charge in [-0.3, -0.25) is 4.98 Å². The van der Waals surface area contributed by atoms with Crippen LogP contribution in [0.25, 0.3) is 0 Å². The van der Waals surface area contributed by atoms with E-state index in [1.807, 2.05) is 24.5 Å². The van der Waals surface area contributed by atoms with Gasteiger partial charge >= 0.3 is 0 Å². The molecule has 0 aromatic carbocycles. The van der Waals surface area contributed by atoms with Crippen LogP contribution in [-0.2, 0) is 4.74 Å². The molecule has 2 rings (SSSR count). The van der Waals surface area contributed by atoms with Crippen LogP contribution in [0.15, 0.2) is 24.5 Å². The van der Waals surface area contributed by atoms with Gasteiger partial charge < -0.3 is 10.1 Å². The summed E-state index contributed by atoms with van der Waals surface area (Å²) < 4.78 is 5.10. The van der Waals surface area contributed by atoms with E-state index in [0.717, 1.165) is 13.2 Å². The van der Waals surface area contributed by atoms with E-state index in [1.165, 1.54) is 5.56 Å². The van der Waals surface area contributed by atoms with Crippen LogP contribution in [0.3, 0.4) is 0 Å². The summed E-state index contributed by atoms with van der Waals surface area (Å²) in [4.78, 5) is 3.99. The first-order chi connectivity index (χ1) is 6.36. The summed E-state index contributed by atoms with van der Waals surface area (Å²) in [6.07, 6.45) is 3.65. The highest BCUT2D eigenvalue weighted by Crippen LogP contribution is 2.13. The fourth-order valence-electron chi connectivity index (χ4n) is 1.43. The zero-order valence-corrected chi connectivity index (χ0v) is 7.73. The Morgan fingerprint density at radius 1 is 1.46 bits per heavy atom. The number of nitrogens with zero attached hydrogens (tertiary/aromatic N) is 1. The number of aromatic nitrogens is 1. The normalized spacial score (nSPS) is 19.5. The van der Waals surface area contributed by atoms with Gasteiger partial charge in [0.05, 0.1) is 19.3 Å². The van der Waals surface area contributed by atoms with Gasteiger partial charge in [0.1, 0.15) is 0 Å². The molecular weight excluding hydrogens is 164 g/mol. The van der Waals surface area contributed by atoms with Gasteiger partial charge in [0.15, 0.2) is 0 Å². The molecule has 0 aliphatic carbocycles. The van der Waals surface area contributed by atoms with E-state index in [2.05, 4.69) is 17.2 Å². The number of pyridine rings is 1. The van der Waals surface area contributed by atoms with E-state index in [4.69, 9.17) is 4.74 Å². The summed E-state index contributed by atoms with van der Waals surface area (Å²) in [5.74, 6) is 0. The second-order valence-electron chi connectivity index (χ2n) is 3.40. The lowest BCUT2D eigenvalue weighted by Crippen LogP contribution is -2.46. The number of ether oxygens (including phenoxy) is 1. The Labute approximate surface area is 78.1 Å². The monoisotopic (exact) mass is 178 g/mol. The van der Waals surface area contributed by atoms with E-state index in [0.29, 0.717) is 12.1 Å². The standard InChI is InChI=1S/C10H14N2O/c1-8(12-10-6-13-7-10)9-2-4-11-5-3-9/h2-5,8,10,12H,6-7H2,1H3/t8-/m1/s1. The maximum atomic E-state index is 5.10. The molecule has 1 N–H and O–H groups in total. The average Bonchev–Trinajstić information content (AvgIpc) is 2.12. The van der Waals surface area contributed by atoms with Crippen molar-refractivity contribution in [1.82, 2.24) is 10.3 Å². The van der Waals surface area contributed by atoms with Crippen molar-refractivity contribution in [3.63, 3.8) is 0 Å². The molecule has 0 amide bonds. The molecule has 0 spiro atoms. The Kier molecular flexibility index (Phi) is 2.57. The fourth-order valence-corrected chi connectivity index (χ4v) is 1.43. The Hall–Kier alpha value is -0.930. The molecular formula is C10H14N2O. The topological polar surface area (TPSA) is 34.1 Å². The summed E-state index contributed by atoms with van der Waals surface area (Å²) in [6.45, 7) is 3.85. The quantitative estimate of drug-likeness (QED) is 0.753. The molecule has 13 heavy (non-hydrogen) atoms. The van der Waals surface area contributed by atoms with Crippen molar-refractivity contribution in [2.24, 2.45) is 0 Å². The maximum Gasteiger partial charge on any atom is 0.0643 e. The zero-order chi connectivity index (χ0) is 9.10. The van der Waals surface area contributed by atoms with Crippen molar-refractivity contribution in [3.8, 4) is 0 Å². The first-order valence-electron chi connectivity index (χ1n) is 4.60.